The van der Waals surface area contributed by atoms with Crippen LogP contribution in [0, 0.1) is 11.8 Å². The quantitative estimate of drug-likeness (QED) is 0.258. The van der Waals surface area contributed by atoms with Gasteiger partial charge in [-0.15, -0.1) is 0 Å². The van der Waals surface area contributed by atoms with Crippen LogP contribution in [0.1, 0.15) is 29.9 Å². The summed E-state index contributed by atoms with van der Waals surface area (Å²) in [6.07, 6.45) is 5.59. The van der Waals surface area contributed by atoms with Gasteiger partial charge in [-0.25, -0.2) is 15.0 Å². The Hall–Kier alpha value is -4.67. The lowest BCUT2D eigenvalue weighted by atomic mass is 10.2. The van der Waals surface area contributed by atoms with Crippen molar-refractivity contribution < 1.29 is 13.9 Å². The highest BCUT2D eigenvalue weighted by molar-refractivity contribution is 5.71. The van der Waals surface area contributed by atoms with E-state index in [2.05, 4.69) is 26.7 Å². The number of aromatic nitrogens is 3. The molecular weight excluding hydrogens is 476 g/mol. The minimum atomic E-state index is 0.268. The van der Waals surface area contributed by atoms with E-state index in [1.807, 2.05) is 78.9 Å². The monoisotopic (exact) mass is 502 g/mol. The summed E-state index contributed by atoms with van der Waals surface area (Å²) in [7, 11) is 0. The van der Waals surface area contributed by atoms with E-state index in [-0.39, 0.29) is 6.04 Å². The molecule has 7 nitrogen and oxygen atoms in total. The molecule has 188 valence electrons. The van der Waals surface area contributed by atoms with Crippen LogP contribution in [0.2, 0.25) is 0 Å². The molecule has 1 fully saturated rings. The Kier molecular flexibility index (Phi) is 6.96. The highest BCUT2D eigenvalue weighted by Gasteiger charge is 2.26. The average molecular weight is 503 g/mol. The molecule has 1 aliphatic heterocycles. The number of furan rings is 1. The van der Waals surface area contributed by atoms with Crippen molar-refractivity contribution in [1.82, 2.24) is 19.9 Å². The van der Waals surface area contributed by atoms with E-state index in [4.69, 9.17) is 18.9 Å². The van der Waals surface area contributed by atoms with Crippen molar-refractivity contribution in [2.75, 3.05) is 13.2 Å². The zero-order valence-corrected chi connectivity index (χ0v) is 20.8. The molecule has 0 unspecified atom stereocenters. The number of benzene rings is 2. The largest absolute Gasteiger partial charge is 0.474 e. The normalized spacial score (nSPS) is 15.2. The van der Waals surface area contributed by atoms with Gasteiger partial charge in [0.1, 0.15) is 29.4 Å². The fraction of sp³-hybridized carbons (Fsp3) is 0.194. The Labute approximate surface area is 221 Å². The number of hydrogen-bond donors (Lipinski definition) is 0. The van der Waals surface area contributed by atoms with Crippen LogP contribution in [0.3, 0.4) is 0 Å². The third-order valence-electron chi connectivity index (χ3n) is 6.42. The second-order valence-corrected chi connectivity index (χ2v) is 9.07. The molecular formula is C31H26N4O3. The van der Waals surface area contributed by atoms with Crippen LogP contribution < -0.4 is 9.47 Å². The lowest BCUT2D eigenvalue weighted by molar-refractivity contribution is 0.155. The maximum atomic E-state index is 6.26. The lowest BCUT2D eigenvalue weighted by Gasteiger charge is -2.23. The van der Waals surface area contributed by atoms with Gasteiger partial charge in [-0.1, -0.05) is 24.1 Å². The predicted molar refractivity (Wildman–Crippen MR) is 144 cm³/mol. The smallest absolute Gasteiger partial charge is 0.249 e. The van der Waals surface area contributed by atoms with Crippen molar-refractivity contribution in [2.24, 2.45) is 0 Å². The maximum absolute atomic E-state index is 6.26. The molecule has 0 bridgehead atoms. The molecule has 0 aliphatic carbocycles. The first-order valence-electron chi connectivity index (χ1n) is 12.7. The molecule has 5 aromatic rings. The van der Waals surface area contributed by atoms with E-state index in [0.29, 0.717) is 29.3 Å². The van der Waals surface area contributed by atoms with Crippen molar-refractivity contribution in [3.63, 3.8) is 0 Å². The third kappa shape index (κ3) is 5.66. The predicted octanol–water partition coefficient (Wildman–Crippen LogP) is 5.85. The number of rotatable bonds is 7. The second-order valence-electron chi connectivity index (χ2n) is 9.07. The van der Waals surface area contributed by atoms with Crippen LogP contribution in [-0.2, 0) is 6.54 Å². The van der Waals surface area contributed by atoms with Crippen LogP contribution in [-0.4, -0.2) is 39.0 Å². The minimum absolute atomic E-state index is 0.268. The molecule has 4 heterocycles. The van der Waals surface area contributed by atoms with Crippen LogP contribution >= 0.6 is 0 Å². The van der Waals surface area contributed by atoms with E-state index in [9.17, 15) is 0 Å². The van der Waals surface area contributed by atoms with Crippen LogP contribution in [0.15, 0.2) is 95.7 Å². The highest BCUT2D eigenvalue weighted by atomic mass is 16.5. The summed E-state index contributed by atoms with van der Waals surface area (Å²) >= 11 is 0. The maximum Gasteiger partial charge on any atom is 0.249 e. The SMILES string of the molecule is C(#Cc1nc2ncccc2nc1OC[C@@H]1CCCN1Cc1ccco1)c1ccc(Oc2ccccc2)cc1. The standard InChI is InChI=1S/C31H26N4O3/c1-2-8-25(9-3-1)38-26-15-12-23(13-16-26)14-17-29-31(34-28-11-4-18-32-30(28)33-29)37-22-24-7-5-19-35(24)21-27-10-6-20-36-27/h1-4,6,8-13,15-16,18,20,24H,5,7,19,21-22H2/t24-/m0/s1. The summed E-state index contributed by atoms with van der Waals surface area (Å²) in [6.45, 7) is 2.28. The van der Waals surface area contributed by atoms with Crippen molar-refractivity contribution in [1.29, 1.82) is 0 Å². The molecule has 0 saturated carbocycles. The minimum Gasteiger partial charge on any atom is -0.474 e. The summed E-state index contributed by atoms with van der Waals surface area (Å²) in [5.74, 6) is 9.26. The fourth-order valence-electron chi connectivity index (χ4n) is 4.49. The highest BCUT2D eigenvalue weighted by Crippen LogP contribution is 2.24. The Morgan fingerprint density at radius 2 is 1.76 bits per heavy atom. The van der Waals surface area contributed by atoms with Gasteiger partial charge < -0.3 is 13.9 Å². The van der Waals surface area contributed by atoms with E-state index >= 15 is 0 Å². The van der Waals surface area contributed by atoms with Gasteiger partial charge in [0.05, 0.1) is 12.8 Å². The summed E-state index contributed by atoms with van der Waals surface area (Å²) in [5.41, 5.74) is 2.52. The molecule has 38 heavy (non-hydrogen) atoms. The Bertz CT molecular complexity index is 1560. The van der Waals surface area contributed by atoms with Crippen molar-refractivity contribution >= 4 is 11.2 Å². The van der Waals surface area contributed by atoms with E-state index in [0.717, 1.165) is 48.8 Å². The van der Waals surface area contributed by atoms with E-state index < -0.39 is 0 Å². The zero-order valence-electron chi connectivity index (χ0n) is 20.8. The third-order valence-corrected chi connectivity index (χ3v) is 6.42. The summed E-state index contributed by atoms with van der Waals surface area (Å²) < 4.78 is 17.7. The fourth-order valence-corrected chi connectivity index (χ4v) is 4.49. The van der Waals surface area contributed by atoms with E-state index in [1.54, 1.807) is 12.5 Å². The van der Waals surface area contributed by atoms with Crippen molar-refractivity contribution in [3.05, 3.63) is 108 Å². The zero-order chi connectivity index (χ0) is 25.6. The Morgan fingerprint density at radius 1 is 0.895 bits per heavy atom. The number of hydrogen-bond acceptors (Lipinski definition) is 7. The van der Waals surface area contributed by atoms with Crippen LogP contribution in [0.4, 0.5) is 0 Å². The van der Waals surface area contributed by atoms with Crippen molar-refractivity contribution in [2.45, 2.75) is 25.4 Å². The number of ether oxygens (including phenoxy) is 2. The van der Waals surface area contributed by atoms with Gasteiger partial charge >= 0.3 is 0 Å². The molecule has 0 amide bonds. The second kappa shape index (κ2) is 11.2. The molecule has 0 N–H and O–H groups in total. The molecule has 0 radical (unpaired) electrons. The van der Waals surface area contributed by atoms with Gasteiger partial charge in [-0.3, -0.25) is 4.90 Å². The molecule has 3 aromatic heterocycles. The molecule has 7 heteroatoms. The number of nitrogens with zero attached hydrogens (tertiary/aromatic N) is 4. The molecule has 2 aromatic carbocycles. The Morgan fingerprint density at radius 3 is 2.61 bits per heavy atom. The van der Waals surface area contributed by atoms with Crippen LogP contribution in [0.25, 0.3) is 11.2 Å². The average Bonchev–Trinajstić information content (AvgIpc) is 3.64. The van der Waals surface area contributed by atoms with Gasteiger partial charge in [0, 0.05) is 17.8 Å². The van der Waals surface area contributed by atoms with Gasteiger partial charge in [0.2, 0.25) is 5.88 Å². The van der Waals surface area contributed by atoms with E-state index in [1.165, 1.54) is 0 Å². The molecule has 1 aliphatic rings. The van der Waals surface area contributed by atoms with Gasteiger partial charge in [-0.05, 0) is 86.0 Å². The topological polar surface area (TPSA) is 73.5 Å². The first kappa shape index (κ1) is 23.7. The Balaban J connectivity index is 1.20. The molecule has 6 rings (SSSR count). The summed E-state index contributed by atoms with van der Waals surface area (Å²) in [6, 6.07) is 25.2. The molecule has 1 saturated heterocycles. The number of likely N-dealkylation sites (tertiary alicyclic amines) is 1. The van der Waals surface area contributed by atoms with Gasteiger partial charge in [0.25, 0.3) is 0 Å². The van der Waals surface area contributed by atoms with Gasteiger partial charge in [-0.2, -0.15) is 0 Å². The number of fused-ring (bicyclic) bond motifs is 1. The molecule has 1 atom stereocenters. The molecule has 0 spiro atoms. The summed E-state index contributed by atoms with van der Waals surface area (Å²) in [4.78, 5) is 16.1. The summed E-state index contributed by atoms with van der Waals surface area (Å²) in [5, 5.41) is 0. The first-order valence-corrected chi connectivity index (χ1v) is 12.7. The number of pyridine rings is 1. The first-order chi connectivity index (χ1) is 18.8. The lowest BCUT2D eigenvalue weighted by Crippen LogP contribution is -2.33. The van der Waals surface area contributed by atoms with Gasteiger partial charge in [0.15, 0.2) is 11.3 Å². The number of para-hydroxylation sites is 1. The van der Waals surface area contributed by atoms with Crippen LogP contribution in [0.5, 0.6) is 17.4 Å². The van der Waals surface area contributed by atoms with Crippen molar-refractivity contribution in [3.8, 4) is 29.2 Å².